The maximum Gasteiger partial charge on any atom is 0.481 e. The van der Waals surface area contributed by atoms with Gasteiger partial charge in [0.05, 0.1) is 22.5 Å². The average Bonchev–Trinajstić information content (AvgIpc) is 3.30. The van der Waals surface area contributed by atoms with Gasteiger partial charge in [0.2, 0.25) is 11.8 Å². The first-order chi connectivity index (χ1) is 21.4. The first-order valence-electron chi connectivity index (χ1n) is 15.9. The Kier molecular flexibility index (Phi) is 10.7. The van der Waals surface area contributed by atoms with Gasteiger partial charge in [0.25, 0.3) is 5.96 Å². The third-order valence-corrected chi connectivity index (χ3v) is 11.5. The Morgan fingerprint density at radius 3 is 2.46 bits per heavy atom. The molecule has 1 aromatic rings. The Balaban J connectivity index is 1.48. The van der Waals surface area contributed by atoms with Gasteiger partial charge < -0.3 is 25.7 Å². The van der Waals surface area contributed by atoms with E-state index in [1.165, 1.54) is 12.1 Å². The number of hydrogen-bond acceptors (Lipinski definition) is 9. The number of nitrogens with zero attached hydrogens (tertiary/aromatic N) is 2. The Labute approximate surface area is 271 Å². The monoisotopic (exact) mass is 662 g/mol. The number of nitrogens with two attached hydrogens (primary N) is 1. The summed E-state index contributed by atoms with van der Waals surface area (Å²) < 4.78 is 39.0. The Hall–Kier alpha value is -3.24. The van der Waals surface area contributed by atoms with Crippen LogP contribution in [0.2, 0.25) is 0 Å². The van der Waals surface area contributed by atoms with Crippen molar-refractivity contribution >= 4 is 34.7 Å². The van der Waals surface area contributed by atoms with Crippen molar-refractivity contribution in [2.45, 2.75) is 102 Å². The summed E-state index contributed by atoms with van der Waals surface area (Å²) >= 11 is 0. The zero-order valence-corrected chi connectivity index (χ0v) is 28.3. The number of aryl methyl sites for hydroxylation is 1. The number of carbonyl (C=O) groups is 2. The van der Waals surface area contributed by atoms with Crippen molar-refractivity contribution in [2.24, 2.45) is 33.9 Å². The van der Waals surface area contributed by atoms with Crippen molar-refractivity contribution in [1.29, 1.82) is 0 Å². The van der Waals surface area contributed by atoms with Crippen LogP contribution in [0.4, 0.5) is 0 Å². The first kappa shape index (κ1) is 35.6. The molecule has 2 amide bonds. The largest absolute Gasteiger partial charge is 0.481 e. The summed E-state index contributed by atoms with van der Waals surface area (Å²) in [6.07, 6.45) is 2.72. The van der Waals surface area contributed by atoms with Crippen molar-refractivity contribution in [3.63, 3.8) is 0 Å². The Morgan fingerprint density at radius 1 is 1.17 bits per heavy atom. The number of carbonyl (C=O) groups excluding carboxylic acids is 2. The predicted molar refractivity (Wildman–Crippen MR) is 173 cm³/mol. The third kappa shape index (κ3) is 8.00. The summed E-state index contributed by atoms with van der Waals surface area (Å²) in [4.78, 5) is 41.3. The average molecular weight is 663 g/mol. The molecule has 14 nitrogen and oxygen atoms in total. The van der Waals surface area contributed by atoms with E-state index in [0.717, 1.165) is 18.4 Å². The van der Waals surface area contributed by atoms with Gasteiger partial charge in [-0.25, -0.2) is 23.5 Å². The molecule has 46 heavy (non-hydrogen) atoms. The summed E-state index contributed by atoms with van der Waals surface area (Å²) in [7, 11) is -4.66. The van der Waals surface area contributed by atoms with E-state index >= 15 is 0 Å². The summed E-state index contributed by atoms with van der Waals surface area (Å²) in [5.74, 6) is -2.06. The van der Waals surface area contributed by atoms with Gasteiger partial charge in [0.1, 0.15) is 11.8 Å². The third-order valence-electron chi connectivity index (χ3n) is 9.84. The fraction of sp³-hybridized carbons (Fsp3) is 0.700. The van der Waals surface area contributed by atoms with Crippen LogP contribution in [0, 0.1) is 40.2 Å². The summed E-state index contributed by atoms with van der Waals surface area (Å²) in [5, 5.41) is 15.4. The smallest absolute Gasteiger partial charge is 0.404 e. The highest BCUT2D eigenvalue weighted by atomic mass is 32.2. The minimum absolute atomic E-state index is 0.000855. The molecule has 1 aromatic carbocycles. The number of sulfone groups is 1. The van der Waals surface area contributed by atoms with Crippen LogP contribution in [0.3, 0.4) is 0 Å². The number of benzene rings is 1. The number of guanidine groups is 1. The lowest BCUT2D eigenvalue weighted by molar-refractivity contribution is -0.525. The van der Waals surface area contributed by atoms with E-state index < -0.39 is 63.1 Å². The van der Waals surface area contributed by atoms with Crippen molar-refractivity contribution in [3.05, 3.63) is 39.9 Å². The highest BCUT2D eigenvalue weighted by molar-refractivity contribution is 7.92. The number of hydrazine groups is 1. The van der Waals surface area contributed by atoms with Crippen LogP contribution in [-0.2, 0) is 28.7 Å². The fourth-order valence-corrected chi connectivity index (χ4v) is 8.38. The Bertz CT molecular complexity index is 1440. The number of nitrogens with one attached hydrogen (secondary N) is 3. The Morgan fingerprint density at radius 2 is 1.85 bits per heavy atom. The van der Waals surface area contributed by atoms with Gasteiger partial charge in [-0.3, -0.25) is 9.59 Å². The standard InChI is InChI=1S/C30H47BN6O8S/c1-18(2)14-25(31-44-24-16-20-15-23(29(20,4)5)30(24,6)45-31)35-27(39)22(8-7-13-33-28(32)36-37(40)41)34-26(38)17-46(42,43)21-11-9-19(3)10-12-21/h9-12,18,20,22-25H,7-8,13-17H2,1-6H3,(H,34,38)(H,35,39)(H3,32,33,36)/t20-,22-,23-,24+,25-,30-/m0/s1. The number of aliphatic imine (C=N–C) groups is 1. The van der Waals surface area contributed by atoms with Crippen molar-refractivity contribution in [2.75, 3.05) is 12.3 Å². The molecule has 16 heteroatoms. The molecule has 3 aliphatic carbocycles. The SMILES string of the molecule is Cc1ccc(S(=O)(=O)CC(=O)N[C@@H](CCCN=C(N)N[N+](=O)[O-])C(=O)N[C@@H](CC(C)C)B2O[C@@H]3C[C@@H]4C[C@@H](C4(C)C)[C@]3(C)O2)cc1. The van der Waals surface area contributed by atoms with E-state index in [-0.39, 0.29) is 41.7 Å². The molecule has 0 spiro atoms. The van der Waals surface area contributed by atoms with Gasteiger partial charge in [0, 0.05) is 6.54 Å². The lowest BCUT2D eigenvalue weighted by Gasteiger charge is -2.64. The molecule has 4 aliphatic rings. The van der Waals surface area contributed by atoms with Crippen LogP contribution in [-0.4, -0.2) is 74.3 Å². The molecule has 0 unspecified atom stereocenters. The molecule has 0 aromatic heterocycles. The van der Waals surface area contributed by atoms with E-state index in [1.54, 1.807) is 17.6 Å². The molecule has 2 bridgehead atoms. The second kappa shape index (κ2) is 13.9. The molecule has 254 valence electrons. The molecule has 4 fully saturated rings. The topological polar surface area (TPSA) is 204 Å². The normalized spacial score (nSPS) is 26.5. The minimum Gasteiger partial charge on any atom is -0.404 e. The van der Waals surface area contributed by atoms with Crippen molar-refractivity contribution in [1.82, 2.24) is 16.1 Å². The van der Waals surface area contributed by atoms with Gasteiger partial charge in [-0.05, 0) is 81.3 Å². The molecule has 6 atom stereocenters. The predicted octanol–water partition coefficient (Wildman–Crippen LogP) is 1.93. The quantitative estimate of drug-likeness (QED) is 0.0569. The van der Waals surface area contributed by atoms with E-state index in [9.17, 15) is 28.1 Å². The van der Waals surface area contributed by atoms with Gasteiger partial charge >= 0.3 is 7.12 Å². The van der Waals surface area contributed by atoms with Crippen LogP contribution in [0.1, 0.15) is 72.3 Å². The molecule has 1 heterocycles. The number of rotatable bonds is 14. The molecule has 0 radical (unpaired) electrons. The second-order valence-corrected chi connectivity index (χ2v) is 16.0. The van der Waals surface area contributed by atoms with Crippen LogP contribution in [0.5, 0.6) is 0 Å². The highest BCUT2D eigenvalue weighted by Gasteiger charge is 2.68. The van der Waals surface area contributed by atoms with E-state index in [0.29, 0.717) is 18.3 Å². The molecular weight excluding hydrogens is 615 g/mol. The molecular formula is C30H47BN6O8S. The molecule has 5 rings (SSSR count). The fourth-order valence-electron chi connectivity index (χ4n) is 7.23. The first-order valence-corrected chi connectivity index (χ1v) is 17.5. The number of amides is 2. The van der Waals surface area contributed by atoms with Gasteiger partial charge in [0.15, 0.2) is 14.9 Å². The zero-order chi connectivity index (χ0) is 34.0. The maximum atomic E-state index is 13.8. The van der Waals surface area contributed by atoms with Gasteiger partial charge in [-0.2, -0.15) is 0 Å². The summed E-state index contributed by atoms with van der Waals surface area (Å²) in [6.45, 7) is 12.5. The number of nitro groups is 1. The lowest BCUT2D eigenvalue weighted by Crippen LogP contribution is -2.65. The molecule has 3 saturated carbocycles. The van der Waals surface area contributed by atoms with E-state index in [1.807, 2.05) is 20.8 Å². The van der Waals surface area contributed by atoms with Gasteiger partial charge in [-0.1, -0.05) is 50.8 Å². The highest BCUT2D eigenvalue weighted by Crippen LogP contribution is 2.65. The molecule has 1 saturated heterocycles. The van der Waals surface area contributed by atoms with Crippen LogP contribution < -0.4 is 21.8 Å². The molecule has 1 aliphatic heterocycles. The van der Waals surface area contributed by atoms with E-state index in [4.69, 9.17) is 15.0 Å². The summed E-state index contributed by atoms with van der Waals surface area (Å²) in [5.41, 5.74) is 7.78. The van der Waals surface area contributed by atoms with Crippen LogP contribution in [0.25, 0.3) is 0 Å². The summed E-state index contributed by atoms with van der Waals surface area (Å²) in [6, 6.07) is 5.03. The lowest BCUT2D eigenvalue weighted by atomic mass is 9.43. The maximum absolute atomic E-state index is 13.8. The van der Waals surface area contributed by atoms with Crippen LogP contribution >= 0.6 is 0 Å². The van der Waals surface area contributed by atoms with Crippen molar-refractivity contribution < 1.29 is 32.3 Å². The minimum atomic E-state index is -3.97. The van der Waals surface area contributed by atoms with Gasteiger partial charge in [-0.15, -0.1) is 0 Å². The van der Waals surface area contributed by atoms with Crippen LogP contribution in [0.15, 0.2) is 34.2 Å². The second-order valence-electron chi connectivity index (χ2n) is 14.1. The van der Waals surface area contributed by atoms with Crippen molar-refractivity contribution in [3.8, 4) is 0 Å². The zero-order valence-electron chi connectivity index (χ0n) is 27.4. The number of hydrogen-bond donors (Lipinski definition) is 4. The molecule has 5 N–H and O–H groups in total. The van der Waals surface area contributed by atoms with E-state index in [2.05, 4.69) is 36.4 Å².